The Morgan fingerprint density at radius 2 is 2.00 bits per heavy atom. The first kappa shape index (κ1) is 14.9. The molecule has 0 saturated carbocycles. The second-order valence-electron chi connectivity index (χ2n) is 5.46. The lowest BCUT2D eigenvalue weighted by Gasteiger charge is -2.33. The van der Waals surface area contributed by atoms with Crippen LogP contribution < -0.4 is 5.32 Å². The molecule has 1 atom stereocenters. The molecule has 1 amide bonds. The first-order valence-corrected chi connectivity index (χ1v) is 7.51. The van der Waals surface area contributed by atoms with Gasteiger partial charge in [-0.15, -0.1) is 0 Å². The molecule has 2 aromatic rings. The van der Waals surface area contributed by atoms with E-state index in [4.69, 9.17) is 8.83 Å². The monoisotopic (exact) mass is 304 g/mol. The van der Waals surface area contributed by atoms with Gasteiger partial charge in [-0.25, -0.2) is 0 Å². The normalized spacial score (nSPS) is 17.6. The van der Waals surface area contributed by atoms with Crippen LogP contribution in [0.2, 0.25) is 0 Å². The molecular weight excluding hydrogens is 284 g/mol. The number of amides is 1. The number of likely N-dealkylation sites (tertiary alicyclic amines) is 1. The van der Waals surface area contributed by atoms with Crippen molar-refractivity contribution in [3.63, 3.8) is 0 Å². The SMILES string of the molecule is O=C(c1ccco1)N1CCC(NC(CO)c2ccco2)CC1. The van der Waals surface area contributed by atoms with Crippen molar-refractivity contribution in [2.24, 2.45) is 0 Å². The molecule has 1 unspecified atom stereocenters. The third kappa shape index (κ3) is 3.23. The Hall–Kier alpha value is -2.05. The summed E-state index contributed by atoms with van der Waals surface area (Å²) in [6, 6.07) is 7.12. The zero-order valence-corrected chi connectivity index (χ0v) is 12.3. The zero-order chi connectivity index (χ0) is 15.4. The van der Waals surface area contributed by atoms with Crippen LogP contribution in [0.1, 0.15) is 35.2 Å². The smallest absolute Gasteiger partial charge is 0.289 e. The number of nitrogens with one attached hydrogen (secondary N) is 1. The first-order valence-electron chi connectivity index (χ1n) is 7.51. The van der Waals surface area contributed by atoms with Gasteiger partial charge in [-0.3, -0.25) is 4.79 Å². The van der Waals surface area contributed by atoms with Gasteiger partial charge in [0.25, 0.3) is 5.91 Å². The molecule has 2 N–H and O–H groups in total. The molecule has 6 heteroatoms. The maximum atomic E-state index is 12.2. The van der Waals surface area contributed by atoms with Crippen LogP contribution in [0, 0.1) is 0 Å². The van der Waals surface area contributed by atoms with E-state index in [0.29, 0.717) is 18.8 Å². The molecule has 0 aromatic carbocycles. The van der Waals surface area contributed by atoms with Gasteiger partial charge in [0, 0.05) is 19.1 Å². The van der Waals surface area contributed by atoms with E-state index in [9.17, 15) is 9.90 Å². The number of rotatable bonds is 5. The predicted molar refractivity (Wildman–Crippen MR) is 79.3 cm³/mol. The van der Waals surface area contributed by atoms with Gasteiger partial charge in [0.1, 0.15) is 5.76 Å². The minimum absolute atomic E-state index is 0.0148. The van der Waals surface area contributed by atoms with Crippen molar-refractivity contribution in [3.05, 3.63) is 48.3 Å². The fraction of sp³-hybridized carbons (Fsp3) is 0.438. The molecule has 1 aliphatic heterocycles. The summed E-state index contributed by atoms with van der Waals surface area (Å²) in [7, 11) is 0. The van der Waals surface area contributed by atoms with Crippen molar-refractivity contribution >= 4 is 5.91 Å². The van der Waals surface area contributed by atoms with Crippen molar-refractivity contribution in [1.29, 1.82) is 0 Å². The van der Waals surface area contributed by atoms with Crippen LogP contribution in [0.4, 0.5) is 0 Å². The summed E-state index contributed by atoms with van der Waals surface area (Å²) in [6.07, 6.45) is 4.79. The second kappa shape index (κ2) is 6.81. The third-order valence-electron chi connectivity index (χ3n) is 4.02. The zero-order valence-electron chi connectivity index (χ0n) is 12.3. The summed E-state index contributed by atoms with van der Waals surface area (Å²) in [5.41, 5.74) is 0. The molecule has 6 nitrogen and oxygen atoms in total. The van der Waals surface area contributed by atoms with Crippen molar-refractivity contribution in [3.8, 4) is 0 Å². The highest BCUT2D eigenvalue weighted by atomic mass is 16.3. The first-order chi connectivity index (χ1) is 10.8. The van der Waals surface area contributed by atoms with E-state index in [-0.39, 0.29) is 24.6 Å². The van der Waals surface area contributed by atoms with E-state index >= 15 is 0 Å². The molecule has 0 aliphatic carbocycles. The molecule has 1 saturated heterocycles. The molecule has 0 bridgehead atoms. The Kier molecular flexibility index (Phi) is 4.60. The van der Waals surface area contributed by atoms with Crippen molar-refractivity contribution in [1.82, 2.24) is 10.2 Å². The van der Waals surface area contributed by atoms with E-state index in [2.05, 4.69) is 5.32 Å². The van der Waals surface area contributed by atoms with E-state index in [1.54, 1.807) is 23.3 Å². The molecule has 22 heavy (non-hydrogen) atoms. The van der Waals surface area contributed by atoms with Crippen LogP contribution in [0.25, 0.3) is 0 Å². The van der Waals surface area contributed by atoms with Gasteiger partial charge >= 0.3 is 0 Å². The molecule has 3 heterocycles. The van der Waals surface area contributed by atoms with Gasteiger partial charge in [-0.05, 0) is 37.1 Å². The van der Waals surface area contributed by atoms with Gasteiger partial charge in [-0.1, -0.05) is 0 Å². The number of furan rings is 2. The molecular formula is C16H20N2O4. The van der Waals surface area contributed by atoms with E-state index in [1.807, 2.05) is 12.1 Å². The van der Waals surface area contributed by atoms with Crippen LogP contribution in [0.3, 0.4) is 0 Å². The number of hydrogen-bond donors (Lipinski definition) is 2. The lowest BCUT2D eigenvalue weighted by Crippen LogP contribution is -2.46. The summed E-state index contributed by atoms with van der Waals surface area (Å²) in [4.78, 5) is 14.0. The molecule has 0 radical (unpaired) electrons. The topological polar surface area (TPSA) is 78.9 Å². The van der Waals surface area contributed by atoms with Gasteiger partial charge in [0.2, 0.25) is 0 Å². The highest BCUT2D eigenvalue weighted by Crippen LogP contribution is 2.19. The van der Waals surface area contributed by atoms with Crippen LogP contribution in [-0.4, -0.2) is 41.7 Å². The lowest BCUT2D eigenvalue weighted by atomic mass is 10.0. The van der Waals surface area contributed by atoms with Gasteiger partial charge in [0.05, 0.1) is 25.2 Å². The van der Waals surface area contributed by atoms with Crippen molar-refractivity contribution in [2.45, 2.75) is 24.9 Å². The highest BCUT2D eigenvalue weighted by Gasteiger charge is 2.27. The molecule has 0 spiro atoms. The van der Waals surface area contributed by atoms with E-state index in [0.717, 1.165) is 18.6 Å². The minimum atomic E-state index is -0.202. The van der Waals surface area contributed by atoms with Crippen molar-refractivity contribution < 1.29 is 18.7 Å². The Balaban J connectivity index is 1.52. The Labute approximate surface area is 128 Å². The average Bonchev–Trinajstić information content (AvgIpc) is 3.25. The predicted octanol–water partition coefficient (Wildman–Crippen LogP) is 1.80. The Morgan fingerprint density at radius 1 is 1.27 bits per heavy atom. The van der Waals surface area contributed by atoms with Crippen LogP contribution >= 0.6 is 0 Å². The van der Waals surface area contributed by atoms with Gasteiger partial charge < -0.3 is 24.2 Å². The minimum Gasteiger partial charge on any atom is -0.468 e. The number of hydrogen-bond acceptors (Lipinski definition) is 5. The lowest BCUT2D eigenvalue weighted by molar-refractivity contribution is 0.0663. The van der Waals surface area contributed by atoms with E-state index in [1.165, 1.54) is 6.26 Å². The largest absolute Gasteiger partial charge is 0.468 e. The van der Waals surface area contributed by atoms with Crippen LogP contribution in [0.5, 0.6) is 0 Å². The maximum absolute atomic E-state index is 12.2. The molecule has 3 rings (SSSR count). The number of carbonyl (C=O) groups excluding carboxylic acids is 1. The van der Waals surface area contributed by atoms with Crippen molar-refractivity contribution in [2.75, 3.05) is 19.7 Å². The number of aliphatic hydroxyl groups is 1. The summed E-state index contributed by atoms with van der Waals surface area (Å²) in [5, 5.41) is 12.9. The third-order valence-corrected chi connectivity index (χ3v) is 4.02. The molecule has 2 aromatic heterocycles. The van der Waals surface area contributed by atoms with Crippen LogP contribution in [0.15, 0.2) is 45.6 Å². The van der Waals surface area contributed by atoms with E-state index < -0.39 is 0 Å². The van der Waals surface area contributed by atoms with Gasteiger partial charge in [-0.2, -0.15) is 0 Å². The molecule has 118 valence electrons. The fourth-order valence-corrected chi connectivity index (χ4v) is 2.80. The summed E-state index contributed by atoms with van der Waals surface area (Å²) in [5.74, 6) is 1.06. The standard InChI is InChI=1S/C16H20N2O4/c19-11-13(14-3-1-9-21-14)17-12-5-7-18(8-6-12)16(20)15-4-2-10-22-15/h1-4,9-10,12-13,17,19H,5-8,11H2. The number of piperidine rings is 1. The highest BCUT2D eigenvalue weighted by molar-refractivity contribution is 5.91. The molecule has 1 fully saturated rings. The number of nitrogens with zero attached hydrogens (tertiary/aromatic N) is 1. The maximum Gasteiger partial charge on any atom is 0.289 e. The van der Waals surface area contributed by atoms with Crippen LogP contribution in [-0.2, 0) is 0 Å². The summed E-state index contributed by atoms with van der Waals surface area (Å²) >= 11 is 0. The van der Waals surface area contributed by atoms with Gasteiger partial charge in [0.15, 0.2) is 5.76 Å². The fourth-order valence-electron chi connectivity index (χ4n) is 2.80. The Bertz CT molecular complexity index is 571. The second-order valence-corrected chi connectivity index (χ2v) is 5.46. The number of aliphatic hydroxyl groups excluding tert-OH is 1. The Morgan fingerprint density at radius 3 is 2.59 bits per heavy atom. The molecule has 1 aliphatic rings. The quantitative estimate of drug-likeness (QED) is 0.880. The summed E-state index contributed by atoms with van der Waals surface area (Å²) < 4.78 is 10.5. The number of carbonyl (C=O) groups is 1. The summed E-state index contributed by atoms with van der Waals surface area (Å²) in [6.45, 7) is 1.33. The average molecular weight is 304 g/mol.